The zero-order chi connectivity index (χ0) is 34.5. The van der Waals surface area contributed by atoms with Gasteiger partial charge in [0, 0.05) is 17.8 Å². The first-order chi connectivity index (χ1) is 22.4. The minimum Gasteiger partial charge on any atom is -0.351 e. The molecule has 4 fully saturated rings. The van der Waals surface area contributed by atoms with E-state index < -0.39 is 0 Å². The summed E-state index contributed by atoms with van der Waals surface area (Å²) in [5.74, 6) is 3.23. The number of fused-ring (bicyclic) bond motifs is 5. The lowest BCUT2D eigenvalue weighted by Crippen LogP contribution is -2.52. The first kappa shape index (κ1) is 35.5. The van der Waals surface area contributed by atoms with Crippen molar-refractivity contribution in [2.75, 3.05) is 13.2 Å². The molecule has 11 atom stereocenters. The summed E-state index contributed by atoms with van der Waals surface area (Å²) in [6, 6.07) is 0. The first-order valence-electron chi connectivity index (χ1n) is 20.4. The van der Waals surface area contributed by atoms with Crippen LogP contribution in [0.1, 0.15) is 153 Å². The molecule has 7 aliphatic rings. The van der Waals surface area contributed by atoms with Crippen LogP contribution in [-0.2, 0) is 14.2 Å². The molecule has 7 rings (SSSR count). The van der Waals surface area contributed by atoms with Crippen LogP contribution in [0.2, 0.25) is 0 Å². The first-order valence-corrected chi connectivity index (χ1v) is 20.4. The maximum absolute atomic E-state index is 7.23. The van der Waals surface area contributed by atoms with Gasteiger partial charge in [-0.25, -0.2) is 0 Å². The zero-order valence-corrected chi connectivity index (χ0v) is 33.0. The third-order valence-corrected chi connectivity index (χ3v) is 17.2. The van der Waals surface area contributed by atoms with Gasteiger partial charge in [0.05, 0.1) is 13.2 Å². The Labute approximate surface area is 295 Å². The van der Waals surface area contributed by atoms with Gasteiger partial charge in [-0.2, -0.15) is 0 Å². The third kappa shape index (κ3) is 5.52. The van der Waals surface area contributed by atoms with Crippen LogP contribution < -0.4 is 0 Å². The molecule has 0 aromatic carbocycles. The summed E-state index contributed by atoms with van der Waals surface area (Å²) < 4.78 is 21.4. The van der Waals surface area contributed by atoms with Gasteiger partial charge in [0.15, 0.2) is 12.6 Å². The molecular formula is C45H72O3. The number of allylic oxidation sites excluding steroid dienone is 3. The Kier molecular flexibility index (Phi) is 8.94. The summed E-state index contributed by atoms with van der Waals surface area (Å²) in [5, 5.41) is 0. The lowest BCUT2D eigenvalue weighted by Gasteiger charge is -2.57. The molecule has 3 nitrogen and oxygen atoms in total. The van der Waals surface area contributed by atoms with Crippen molar-refractivity contribution in [3.63, 3.8) is 0 Å². The van der Waals surface area contributed by atoms with Crippen molar-refractivity contribution in [1.82, 2.24) is 0 Å². The summed E-state index contributed by atoms with van der Waals surface area (Å²) >= 11 is 0. The van der Waals surface area contributed by atoms with E-state index in [9.17, 15) is 0 Å². The van der Waals surface area contributed by atoms with Crippen LogP contribution in [0, 0.1) is 68.0 Å². The number of ether oxygens (including phenoxy) is 3. The second-order valence-electron chi connectivity index (χ2n) is 21.1. The molecule has 11 unspecified atom stereocenters. The highest BCUT2D eigenvalue weighted by molar-refractivity contribution is 5.27. The number of hydrogen-bond acceptors (Lipinski definition) is 3. The molecule has 1 heterocycles. The van der Waals surface area contributed by atoms with Crippen LogP contribution in [0.3, 0.4) is 0 Å². The monoisotopic (exact) mass is 661 g/mol. The van der Waals surface area contributed by atoms with Crippen molar-refractivity contribution < 1.29 is 14.2 Å². The lowest BCUT2D eigenvalue weighted by molar-refractivity contribution is -0.234. The molecule has 0 N–H and O–H groups in total. The summed E-state index contributed by atoms with van der Waals surface area (Å²) in [4.78, 5) is 0. The Morgan fingerprint density at radius 3 is 1.48 bits per heavy atom. The predicted octanol–water partition coefficient (Wildman–Crippen LogP) is 12.1. The van der Waals surface area contributed by atoms with Gasteiger partial charge in [-0.05, 0) is 127 Å². The summed E-state index contributed by atoms with van der Waals surface area (Å²) in [6.07, 6.45) is 22.5. The topological polar surface area (TPSA) is 27.7 Å². The van der Waals surface area contributed by atoms with Crippen LogP contribution in [0.15, 0.2) is 34.9 Å². The minimum absolute atomic E-state index is 0.163. The molecule has 3 saturated carbocycles. The highest BCUT2D eigenvalue weighted by atomic mass is 16.8. The average Bonchev–Trinajstić information content (AvgIpc) is 3.33. The van der Waals surface area contributed by atoms with Crippen molar-refractivity contribution in [1.29, 1.82) is 0 Å². The summed E-state index contributed by atoms with van der Waals surface area (Å²) in [6.45, 7) is 29.2. The molecular weight excluding hydrogens is 588 g/mol. The van der Waals surface area contributed by atoms with E-state index in [4.69, 9.17) is 14.2 Å². The molecule has 0 radical (unpaired) electrons. The van der Waals surface area contributed by atoms with E-state index in [1.165, 1.54) is 87.3 Å². The van der Waals surface area contributed by atoms with Gasteiger partial charge >= 0.3 is 0 Å². The van der Waals surface area contributed by atoms with Gasteiger partial charge in [-0.3, -0.25) is 0 Å². The molecule has 1 saturated heterocycles. The molecule has 48 heavy (non-hydrogen) atoms. The van der Waals surface area contributed by atoms with E-state index in [0.29, 0.717) is 45.8 Å². The van der Waals surface area contributed by atoms with Gasteiger partial charge < -0.3 is 14.2 Å². The highest BCUT2D eigenvalue weighted by Gasteiger charge is 2.61. The van der Waals surface area contributed by atoms with E-state index in [2.05, 4.69) is 94.4 Å². The van der Waals surface area contributed by atoms with Crippen molar-refractivity contribution in [3.05, 3.63) is 34.9 Å². The lowest BCUT2D eigenvalue weighted by atomic mass is 9.48. The maximum Gasteiger partial charge on any atom is 0.183 e. The van der Waals surface area contributed by atoms with Crippen molar-refractivity contribution >= 4 is 0 Å². The molecule has 0 bridgehead atoms. The van der Waals surface area contributed by atoms with E-state index in [1.807, 2.05) is 0 Å². The second kappa shape index (κ2) is 12.1. The third-order valence-electron chi connectivity index (χ3n) is 17.2. The van der Waals surface area contributed by atoms with Crippen molar-refractivity contribution in [2.45, 2.75) is 166 Å². The Morgan fingerprint density at radius 2 is 0.979 bits per heavy atom. The Bertz CT molecular complexity index is 1330. The summed E-state index contributed by atoms with van der Waals surface area (Å²) in [7, 11) is 0. The van der Waals surface area contributed by atoms with Gasteiger partial charge in [0.2, 0.25) is 0 Å². The smallest absolute Gasteiger partial charge is 0.183 e. The molecule has 1 aliphatic heterocycles. The molecule has 0 spiro atoms. The van der Waals surface area contributed by atoms with Crippen LogP contribution in [0.4, 0.5) is 0 Å². The van der Waals surface area contributed by atoms with Crippen LogP contribution in [-0.4, -0.2) is 25.8 Å². The fourth-order valence-electron chi connectivity index (χ4n) is 14.4. The van der Waals surface area contributed by atoms with Crippen molar-refractivity contribution in [3.8, 4) is 0 Å². The van der Waals surface area contributed by atoms with Crippen LogP contribution in [0.5, 0.6) is 0 Å². The zero-order valence-electron chi connectivity index (χ0n) is 33.0. The van der Waals surface area contributed by atoms with Crippen LogP contribution >= 0.6 is 0 Å². The maximum atomic E-state index is 7.23. The van der Waals surface area contributed by atoms with Crippen LogP contribution in [0.25, 0.3) is 0 Å². The van der Waals surface area contributed by atoms with E-state index >= 15 is 0 Å². The molecule has 0 aromatic heterocycles. The summed E-state index contributed by atoms with van der Waals surface area (Å²) in [5.41, 5.74) is 6.30. The van der Waals surface area contributed by atoms with E-state index in [1.54, 1.807) is 0 Å². The van der Waals surface area contributed by atoms with E-state index in [0.717, 1.165) is 19.6 Å². The molecule has 0 amide bonds. The quantitative estimate of drug-likeness (QED) is 0.265. The molecule has 270 valence electrons. The average molecular weight is 661 g/mol. The molecule has 3 heteroatoms. The fraction of sp³-hybridized carbons (Fsp3) is 0.867. The number of hydrogen-bond donors (Lipinski definition) is 0. The van der Waals surface area contributed by atoms with Gasteiger partial charge in [-0.1, -0.05) is 111 Å². The second-order valence-corrected chi connectivity index (χ2v) is 21.1. The predicted molar refractivity (Wildman–Crippen MR) is 198 cm³/mol. The normalized spacial score (nSPS) is 47.4. The Hall–Kier alpha value is -0.900. The molecule has 0 aromatic rings. The number of rotatable bonds is 6. The highest BCUT2D eigenvalue weighted by Crippen LogP contribution is 2.65. The SMILES string of the molecule is CC1=CCC2C(C)(C)CCCC2(C)C1COC1OC(OCC2C(C)=CCC3C(C)(C)CCCC23C)C2C1=CCC1C(C)(C)CCCC21C. The van der Waals surface area contributed by atoms with Gasteiger partial charge in [0.25, 0.3) is 0 Å². The Balaban J connectivity index is 1.16. The Morgan fingerprint density at radius 1 is 0.562 bits per heavy atom. The van der Waals surface area contributed by atoms with Crippen molar-refractivity contribution in [2.24, 2.45) is 68.0 Å². The van der Waals surface area contributed by atoms with Gasteiger partial charge in [-0.15, -0.1) is 0 Å². The van der Waals surface area contributed by atoms with E-state index in [-0.39, 0.29) is 34.7 Å². The fourth-order valence-corrected chi connectivity index (χ4v) is 14.4. The largest absolute Gasteiger partial charge is 0.351 e. The molecule has 6 aliphatic carbocycles. The van der Waals surface area contributed by atoms with Gasteiger partial charge in [0.1, 0.15) is 0 Å². The standard InChI is InChI=1S/C45H72O3/c1-29-15-18-34-40(3,4)21-12-24-43(34,9)32(29)27-46-38-31-17-20-36-42(7,8)23-14-26-45(36,11)37(31)39(48-38)47-28-33-30(2)16-19-35-41(5,6)22-13-25-44(33,35)10/h15-17,32-39H,12-14,18-28H2,1-11H3. The minimum atomic E-state index is -0.295.